The van der Waals surface area contributed by atoms with Crippen LogP contribution in [0.3, 0.4) is 0 Å². The number of anilines is 1. The summed E-state index contributed by atoms with van der Waals surface area (Å²) >= 11 is 2.37. The highest BCUT2D eigenvalue weighted by molar-refractivity contribution is 14.1. The Kier molecular flexibility index (Phi) is 3.77. The third-order valence-electron chi connectivity index (χ3n) is 3.53. The molecule has 0 saturated heterocycles. The van der Waals surface area contributed by atoms with Crippen LogP contribution in [-0.4, -0.2) is 6.04 Å². The molecule has 0 heterocycles. The van der Waals surface area contributed by atoms with Crippen molar-refractivity contribution in [3.8, 4) is 0 Å². The summed E-state index contributed by atoms with van der Waals surface area (Å²) < 4.78 is 1.30. The lowest BCUT2D eigenvalue weighted by molar-refractivity contribution is 0.232. The third-order valence-corrected chi connectivity index (χ3v) is 4.21. The van der Waals surface area contributed by atoms with Crippen molar-refractivity contribution in [1.82, 2.24) is 0 Å². The highest BCUT2D eigenvalue weighted by atomic mass is 127. The van der Waals surface area contributed by atoms with Gasteiger partial charge in [0.2, 0.25) is 0 Å². The fraction of sp³-hybridized carbons (Fsp3) is 0.571. The van der Waals surface area contributed by atoms with E-state index in [-0.39, 0.29) is 0 Å². The maximum absolute atomic E-state index is 3.65. The quantitative estimate of drug-likeness (QED) is 0.778. The first-order valence-electron chi connectivity index (χ1n) is 6.07. The molecule has 1 aliphatic carbocycles. The van der Waals surface area contributed by atoms with Gasteiger partial charge in [0.15, 0.2) is 0 Å². The van der Waals surface area contributed by atoms with E-state index in [1.54, 1.807) is 0 Å². The van der Waals surface area contributed by atoms with Crippen molar-refractivity contribution in [3.63, 3.8) is 0 Å². The fourth-order valence-corrected chi connectivity index (χ4v) is 2.90. The van der Waals surface area contributed by atoms with Crippen LogP contribution in [0.5, 0.6) is 0 Å². The summed E-state index contributed by atoms with van der Waals surface area (Å²) in [4.78, 5) is 0. The molecule has 2 heteroatoms. The number of hydrogen-bond donors (Lipinski definition) is 1. The van der Waals surface area contributed by atoms with Gasteiger partial charge in [-0.1, -0.05) is 19.9 Å². The van der Waals surface area contributed by atoms with Crippen LogP contribution < -0.4 is 5.32 Å². The van der Waals surface area contributed by atoms with Crippen molar-refractivity contribution in [3.05, 3.63) is 27.8 Å². The second-order valence-corrected chi connectivity index (χ2v) is 6.84. The molecule has 16 heavy (non-hydrogen) atoms. The topological polar surface area (TPSA) is 12.0 Å². The van der Waals surface area contributed by atoms with E-state index in [0.29, 0.717) is 11.5 Å². The lowest BCUT2D eigenvalue weighted by Crippen LogP contribution is -2.29. The van der Waals surface area contributed by atoms with E-state index >= 15 is 0 Å². The van der Waals surface area contributed by atoms with Gasteiger partial charge >= 0.3 is 0 Å². The highest BCUT2D eigenvalue weighted by Crippen LogP contribution is 2.36. The standard InChI is InChI=1S/C14H20IN/c1-14(2)8-6-12(7-9-14)16-13-5-3-4-11(15)10-13/h3-5,10,12,16H,6-9H2,1-2H3. The van der Waals surface area contributed by atoms with Crippen molar-refractivity contribution in [2.75, 3.05) is 5.32 Å². The van der Waals surface area contributed by atoms with E-state index in [9.17, 15) is 0 Å². The van der Waals surface area contributed by atoms with Gasteiger partial charge in [-0.3, -0.25) is 0 Å². The first kappa shape index (κ1) is 12.2. The number of hydrogen-bond acceptors (Lipinski definition) is 1. The van der Waals surface area contributed by atoms with Crippen LogP contribution in [0.25, 0.3) is 0 Å². The van der Waals surface area contributed by atoms with E-state index in [1.807, 2.05) is 0 Å². The SMILES string of the molecule is CC1(C)CCC(Nc2cccc(I)c2)CC1. The van der Waals surface area contributed by atoms with E-state index in [0.717, 1.165) is 0 Å². The van der Waals surface area contributed by atoms with Gasteiger partial charge < -0.3 is 5.32 Å². The summed E-state index contributed by atoms with van der Waals surface area (Å²) in [6.07, 6.45) is 5.29. The number of benzene rings is 1. The first-order valence-corrected chi connectivity index (χ1v) is 7.15. The van der Waals surface area contributed by atoms with E-state index in [4.69, 9.17) is 0 Å². The Labute approximate surface area is 112 Å². The molecule has 1 aromatic rings. The minimum atomic E-state index is 0.559. The van der Waals surface area contributed by atoms with Crippen LogP contribution >= 0.6 is 22.6 Å². The zero-order chi connectivity index (χ0) is 11.6. The normalized spacial score (nSPS) is 20.7. The van der Waals surface area contributed by atoms with Gasteiger partial charge in [-0.2, -0.15) is 0 Å². The Hall–Kier alpha value is -0.250. The Morgan fingerprint density at radius 2 is 1.94 bits per heavy atom. The maximum atomic E-state index is 3.65. The molecule has 0 atom stereocenters. The van der Waals surface area contributed by atoms with Gasteiger partial charge in [0, 0.05) is 15.3 Å². The largest absolute Gasteiger partial charge is 0.382 e. The van der Waals surface area contributed by atoms with Gasteiger partial charge in [0.1, 0.15) is 0 Å². The molecule has 0 unspecified atom stereocenters. The van der Waals surface area contributed by atoms with Crippen LogP contribution in [0.1, 0.15) is 39.5 Å². The summed E-state index contributed by atoms with van der Waals surface area (Å²) in [6, 6.07) is 9.32. The first-order chi connectivity index (χ1) is 7.55. The van der Waals surface area contributed by atoms with Gasteiger partial charge in [0.05, 0.1) is 0 Å². The third kappa shape index (κ3) is 3.37. The Balaban J connectivity index is 1.92. The summed E-state index contributed by atoms with van der Waals surface area (Å²) in [5.41, 5.74) is 1.83. The second kappa shape index (κ2) is 4.94. The monoisotopic (exact) mass is 329 g/mol. The van der Waals surface area contributed by atoms with Crippen LogP contribution in [0.15, 0.2) is 24.3 Å². The number of rotatable bonds is 2. The summed E-state index contributed by atoms with van der Waals surface area (Å²) in [6.45, 7) is 4.77. The van der Waals surface area contributed by atoms with Crippen LogP contribution in [0.4, 0.5) is 5.69 Å². The van der Waals surface area contributed by atoms with Gasteiger partial charge in [-0.15, -0.1) is 0 Å². The van der Waals surface area contributed by atoms with Gasteiger partial charge in [-0.05, 0) is 71.9 Å². The molecule has 0 aromatic heterocycles. The van der Waals surface area contributed by atoms with Crippen molar-refractivity contribution in [1.29, 1.82) is 0 Å². The summed E-state index contributed by atoms with van der Waals surface area (Å²) in [5.74, 6) is 0. The van der Waals surface area contributed by atoms with Gasteiger partial charge in [0.25, 0.3) is 0 Å². The van der Waals surface area contributed by atoms with E-state index in [1.165, 1.54) is 34.9 Å². The lowest BCUT2D eigenvalue weighted by Gasteiger charge is -2.35. The molecule has 0 aliphatic heterocycles. The molecule has 1 N–H and O–H groups in total. The van der Waals surface area contributed by atoms with Crippen molar-refractivity contribution >= 4 is 28.3 Å². The molecule has 1 fully saturated rings. The molecule has 2 rings (SSSR count). The number of nitrogens with one attached hydrogen (secondary N) is 1. The van der Waals surface area contributed by atoms with Crippen LogP contribution in [0.2, 0.25) is 0 Å². The summed E-state index contributed by atoms with van der Waals surface area (Å²) in [5, 5.41) is 3.65. The molecule has 1 aliphatic rings. The zero-order valence-electron chi connectivity index (χ0n) is 10.1. The Bertz CT molecular complexity index is 350. The molecule has 0 spiro atoms. The average molecular weight is 329 g/mol. The molecular weight excluding hydrogens is 309 g/mol. The van der Waals surface area contributed by atoms with Crippen molar-refractivity contribution < 1.29 is 0 Å². The molecule has 1 saturated carbocycles. The van der Waals surface area contributed by atoms with Crippen molar-refractivity contribution in [2.24, 2.45) is 5.41 Å². The molecular formula is C14H20IN. The van der Waals surface area contributed by atoms with E-state index in [2.05, 4.69) is 66.0 Å². The minimum Gasteiger partial charge on any atom is -0.382 e. The highest BCUT2D eigenvalue weighted by Gasteiger charge is 2.26. The minimum absolute atomic E-state index is 0.559. The maximum Gasteiger partial charge on any atom is 0.0352 e. The second-order valence-electron chi connectivity index (χ2n) is 5.59. The molecule has 1 aromatic carbocycles. The zero-order valence-corrected chi connectivity index (χ0v) is 12.3. The number of halogens is 1. The molecule has 0 amide bonds. The smallest absolute Gasteiger partial charge is 0.0352 e. The van der Waals surface area contributed by atoms with Gasteiger partial charge in [-0.25, -0.2) is 0 Å². The summed E-state index contributed by atoms with van der Waals surface area (Å²) in [7, 11) is 0. The van der Waals surface area contributed by atoms with Crippen LogP contribution in [0, 0.1) is 8.99 Å². The fourth-order valence-electron chi connectivity index (χ4n) is 2.36. The molecule has 0 radical (unpaired) electrons. The van der Waals surface area contributed by atoms with Crippen molar-refractivity contribution in [2.45, 2.75) is 45.6 Å². The lowest BCUT2D eigenvalue weighted by atomic mass is 9.75. The molecule has 88 valence electrons. The van der Waals surface area contributed by atoms with Crippen LogP contribution in [-0.2, 0) is 0 Å². The van der Waals surface area contributed by atoms with E-state index < -0.39 is 0 Å². The predicted octanol–water partition coefficient (Wildman–Crippen LogP) is 4.67. The average Bonchev–Trinajstić information content (AvgIpc) is 2.21. The molecule has 1 nitrogen and oxygen atoms in total. The Morgan fingerprint density at radius 3 is 2.56 bits per heavy atom. The Morgan fingerprint density at radius 1 is 1.25 bits per heavy atom. The predicted molar refractivity (Wildman–Crippen MR) is 78.8 cm³/mol. The molecule has 0 bridgehead atoms.